The standard InChI is InChI=1S/C13H20O6.C7H6O2/c1-8(14)17-7-12(18-9(2)15)13(19-10(3)16)11-5-4-6-11;8-7(9)6-4-2-1-3-5-6/h11-13H,4-7H2,1-3H3;1-5H,(H,8,9). The molecule has 1 fully saturated rings. The van der Waals surface area contributed by atoms with Crippen LogP contribution in [0.1, 0.15) is 50.4 Å². The van der Waals surface area contributed by atoms with E-state index >= 15 is 0 Å². The van der Waals surface area contributed by atoms with Crippen molar-refractivity contribution in [2.45, 2.75) is 52.2 Å². The average molecular weight is 394 g/mol. The van der Waals surface area contributed by atoms with E-state index in [9.17, 15) is 19.2 Å². The van der Waals surface area contributed by atoms with Crippen molar-refractivity contribution < 1.29 is 38.5 Å². The van der Waals surface area contributed by atoms with Crippen LogP contribution in [0.25, 0.3) is 0 Å². The van der Waals surface area contributed by atoms with Crippen LogP contribution in [0.15, 0.2) is 30.3 Å². The molecule has 8 nitrogen and oxygen atoms in total. The highest BCUT2D eigenvalue weighted by molar-refractivity contribution is 5.87. The van der Waals surface area contributed by atoms with Crippen molar-refractivity contribution in [1.82, 2.24) is 0 Å². The first-order valence-electron chi connectivity index (χ1n) is 8.96. The van der Waals surface area contributed by atoms with E-state index in [1.165, 1.54) is 20.8 Å². The van der Waals surface area contributed by atoms with Gasteiger partial charge in [-0.2, -0.15) is 0 Å². The molecule has 0 aliphatic heterocycles. The minimum absolute atomic E-state index is 0.0939. The Morgan fingerprint density at radius 1 is 0.964 bits per heavy atom. The Morgan fingerprint density at radius 3 is 1.89 bits per heavy atom. The van der Waals surface area contributed by atoms with Crippen molar-refractivity contribution in [1.29, 1.82) is 0 Å². The summed E-state index contributed by atoms with van der Waals surface area (Å²) in [5, 5.41) is 8.38. The third kappa shape index (κ3) is 8.66. The fourth-order valence-electron chi connectivity index (χ4n) is 2.62. The van der Waals surface area contributed by atoms with Gasteiger partial charge in [-0.15, -0.1) is 0 Å². The quantitative estimate of drug-likeness (QED) is 0.554. The van der Waals surface area contributed by atoms with E-state index < -0.39 is 36.1 Å². The molecule has 28 heavy (non-hydrogen) atoms. The molecule has 0 aromatic heterocycles. The summed E-state index contributed by atoms with van der Waals surface area (Å²) in [6.07, 6.45) is 1.60. The van der Waals surface area contributed by atoms with E-state index in [1.807, 2.05) is 0 Å². The number of rotatable bonds is 7. The van der Waals surface area contributed by atoms with E-state index in [1.54, 1.807) is 30.3 Å². The molecule has 1 aliphatic rings. The lowest BCUT2D eigenvalue weighted by molar-refractivity contribution is -0.180. The summed E-state index contributed by atoms with van der Waals surface area (Å²) in [6.45, 7) is 3.76. The van der Waals surface area contributed by atoms with Gasteiger partial charge in [0.25, 0.3) is 0 Å². The molecular weight excluding hydrogens is 368 g/mol. The Bertz CT molecular complexity index is 666. The first-order chi connectivity index (χ1) is 13.2. The van der Waals surface area contributed by atoms with Gasteiger partial charge in [-0.25, -0.2) is 4.79 Å². The molecule has 1 aromatic rings. The smallest absolute Gasteiger partial charge is 0.335 e. The highest BCUT2D eigenvalue weighted by Gasteiger charge is 2.38. The van der Waals surface area contributed by atoms with E-state index in [2.05, 4.69) is 0 Å². The Hall–Kier alpha value is -2.90. The third-order valence-corrected chi connectivity index (χ3v) is 4.07. The molecule has 8 heteroatoms. The lowest BCUT2D eigenvalue weighted by Crippen LogP contribution is -2.45. The second kappa shape index (κ2) is 11.7. The van der Waals surface area contributed by atoms with Crippen molar-refractivity contribution in [3.63, 3.8) is 0 Å². The molecule has 0 saturated heterocycles. The molecule has 154 valence electrons. The van der Waals surface area contributed by atoms with Crippen molar-refractivity contribution in [2.75, 3.05) is 6.61 Å². The fourth-order valence-corrected chi connectivity index (χ4v) is 2.62. The number of carboxylic acid groups (broad SMARTS) is 1. The summed E-state index contributed by atoms with van der Waals surface area (Å²) in [5.74, 6) is -2.11. The predicted octanol–water partition coefficient (Wildman–Crippen LogP) is 2.60. The first kappa shape index (κ1) is 23.1. The number of hydrogen-bond acceptors (Lipinski definition) is 7. The fraction of sp³-hybridized carbons (Fsp3) is 0.500. The summed E-state index contributed by atoms with van der Waals surface area (Å²) >= 11 is 0. The monoisotopic (exact) mass is 394 g/mol. The van der Waals surface area contributed by atoms with Gasteiger partial charge >= 0.3 is 23.9 Å². The molecule has 0 spiro atoms. The van der Waals surface area contributed by atoms with Gasteiger partial charge in [0.05, 0.1) is 5.56 Å². The van der Waals surface area contributed by atoms with Gasteiger partial charge in [0.1, 0.15) is 12.7 Å². The summed E-state index contributed by atoms with van der Waals surface area (Å²) in [4.78, 5) is 43.3. The molecule has 0 heterocycles. The predicted molar refractivity (Wildman–Crippen MR) is 98.5 cm³/mol. The van der Waals surface area contributed by atoms with E-state index in [-0.39, 0.29) is 12.5 Å². The zero-order chi connectivity index (χ0) is 21.1. The van der Waals surface area contributed by atoms with Gasteiger partial charge in [0.2, 0.25) is 0 Å². The zero-order valence-electron chi connectivity index (χ0n) is 16.3. The number of carboxylic acids is 1. The minimum Gasteiger partial charge on any atom is -0.478 e. The van der Waals surface area contributed by atoms with Gasteiger partial charge in [-0.1, -0.05) is 24.6 Å². The largest absolute Gasteiger partial charge is 0.478 e. The van der Waals surface area contributed by atoms with Crippen LogP contribution in [0.3, 0.4) is 0 Å². The van der Waals surface area contributed by atoms with Gasteiger partial charge in [-0.05, 0) is 30.9 Å². The molecule has 2 rings (SSSR count). The maximum absolute atomic E-state index is 11.2. The van der Waals surface area contributed by atoms with E-state index in [4.69, 9.17) is 19.3 Å². The highest BCUT2D eigenvalue weighted by Crippen LogP contribution is 2.33. The maximum atomic E-state index is 11.2. The van der Waals surface area contributed by atoms with E-state index in [0.29, 0.717) is 5.56 Å². The van der Waals surface area contributed by atoms with Crippen LogP contribution in [0.5, 0.6) is 0 Å². The number of hydrogen-bond donors (Lipinski definition) is 1. The van der Waals surface area contributed by atoms with Crippen molar-refractivity contribution in [3.05, 3.63) is 35.9 Å². The molecule has 1 N–H and O–H groups in total. The Labute approximate surface area is 163 Å². The summed E-state index contributed by atoms with van der Waals surface area (Å²) in [7, 11) is 0. The number of esters is 3. The number of carbonyl (C=O) groups is 4. The molecule has 1 aliphatic carbocycles. The van der Waals surface area contributed by atoms with E-state index in [0.717, 1.165) is 19.3 Å². The minimum atomic E-state index is -0.879. The van der Waals surface area contributed by atoms with Gasteiger partial charge in [-0.3, -0.25) is 14.4 Å². The van der Waals surface area contributed by atoms with Gasteiger partial charge in [0.15, 0.2) is 6.10 Å². The summed E-state index contributed by atoms with van der Waals surface area (Å²) < 4.78 is 15.2. The molecule has 0 radical (unpaired) electrons. The summed E-state index contributed by atoms with van der Waals surface area (Å²) in [6, 6.07) is 8.30. The average Bonchev–Trinajstić information content (AvgIpc) is 2.57. The van der Waals surface area contributed by atoms with Gasteiger partial charge in [0, 0.05) is 20.8 Å². The molecule has 2 atom stereocenters. The second-order valence-electron chi connectivity index (χ2n) is 6.39. The molecule has 2 unspecified atom stereocenters. The second-order valence-corrected chi connectivity index (χ2v) is 6.39. The van der Waals surface area contributed by atoms with Crippen LogP contribution in [-0.2, 0) is 28.6 Å². The van der Waals surface area contributed by atoms with Gasteiger partial charge < -0.3 is 19.3 Å². The molecule has 1 saturated carbocycles. The van der Waals surface area contributed by atoms with Crippen LogP contribution in [-0.4, -0.2) is 47.8 Å². The number of aromatic carboxylic acids is 1. The van der Waals surface area contributed by atoms with Crippen molar-refractivity contribution >= 4 is 23.9 Å². The Morgan fingerprint density at radius 2 is 1.54 bits per heavy atom. The highest BCUT2D eigenvalue weighted by atomic mass is 16.6. The normalized spacial score (nSPS) is 15.0. The van der Waals surface area contributed by atoms with Crippen molar-refractivity contribution in [2.24, 2.45) is 5.92 Å². The van der Waals surface area contributed by atoms with Crippen molar-refractivity contribution in [3.8, 4) is 0 Å². The Balaban J connectivity index is 0.000000362. The molecule has 0 bridgehead atoms. The van der Waals surface area contributed by atoms with Crippen LogP contribution in [0.4, 0.5) is 0 Å². The SMILES string of the molecule is CC(=O)OCC(OC(C)=O)C(OC(C)=O)C1CCC1.O=C(O)c1ccccc1. The van der Waals surface area contributed by atoms with Crippen LogP contribution in [0, 0.1) is 5.92 Å². The molecular formula is C20H26O8. The van der Waals surface area contributed by atoms with Crippen LogP contribution in [0.2, 0.25) is 0 Å². The number of carbonyl (C=O) groups excluding carboxylic acids is 3. The Kier molecular flexibility index (Phi) is 9.70. The number of benzene rings is 1. The number of ether oxygens (including phenoxy) is 3. The lowest BCUT2D eigenvalue weighted by atomic mass is 9.79. The van der Waals surface area contributed by atoms with Crippen LogP contribution >= 0.6 is 0 Å². The molecule has 0 amide bonds. The summed E-state index contributed by atoms with van der Waals surface area (Å²) in [5.41, 5.74) is 0.331. The lowest BCUT2D eigenvalue weighted by Gasteiger charge is -2.36. The first-order valence-corrected chi connectivity index (χ1v) is 8.96. The molecule has 1 aromatic carbocycles. The van der Waals surface area contributed by atoms with Crippen LogP contribution < -0.4 is 0 Å². The maximum Gasteiger partial charge on any atom is 0.335 e. The zero-order valence-corrected chi connectivity index (χ0v) is 16.3. The topological polar surface area (TPSA) is 116 Å². The third-order valence-electron chi connectivity index (χ3n) is 4.07.